The van der Waals surface area contributed by atoms with Gasteiger partial charge in [-0.05, 0) is 62.6 Å². The summed E-state index contributed by atoms with van der Waals surface area (Å²) in [5.41, 5.74) is 1.37. The maximum Gasteiger partial charge on any atom is 0.319 e. The van der Waals surface area contributed by atoms with Gasteiger partial charge in [0.1, 0.15) is 0 Å². The molecule has 1 aromatic rings. The highest BCUT2D eigenvalue weighted by Gasteiger charge is 2.36. The lowest BCUT2D eigenvalue weighted by molar-refractivity contribution is 0.0390. The van der Waals surface area contributed by atoms with Crippen LogP contribution in [0.25, 0.3) is 0 Å². The third-order valence-corrected chi connectivity index (χ3v) is 6.81. The molecule has 0 unspecified atom stereocenters. The molecule has 2 atom stereocenters. The Kier molecular flexibility index (Phi) is 6.18. The van der Waals surface area contributed by atoms with Gasteiger partial charge in [-0.2, -0.15) is 0 Å². The van der Waals surface area contributed by atoms with Gasteiger partial charge in [0.15, 0.2) is 0 Å². The largest absolute Gasteiger partial charge is 0.335 e. The molecule has 3 fully saturated rings. The molecular formula is C23H33N3O2. The number of likely N-dealkylation sites (tertiary alicyclic amines) is 1. The van der Waals surface area contributed by atoms with Crippen LogP contribution >= 0.6 is 0 Å². The van der Waals surface area contributed by atoms with E-state index in [1.807, 2.05) is 24.3 Å². The second-order valence-corrected chi connectivity index (χ2v) is 8.77. The summed E-state index contributed by atoms with van der Waals surface area (Å²) < 4.78 is 0. The molecule has 4 rings (SSSR count). The second-order valence-electron chi connectivity index (χ2n) is 8.77. The van der Waals surface area contributed by atoms with Crippen molar-refractivity contribution >= 4 is 17.6 Å². The first-order valence-electron chi connectivity index (χ1n) is 11.2. The zero-order valence-corrected chi connectivity index (χ0v) is 16.8. The zero-order chi connectivity index (χ0) is 19.3. The number of carbonyl (C=O) groups excluding carboxylic acids is 2. The van der Waals surface area contributed by atoms with Crippen LogP contribution in [0.4, 0.5) is 10.5 Å². The van der Waals surface area contributed by atoms with E-state index in [4.69, 9.17) is 0 Å². The fourth-order valence-corrected chi connectivity index (χ4v) is 5.37. The standard InChI is InChI=1S/C23H33N3O2/c27-22(26-15-7-10-17-8-4-5-14-21(17)26)18-9-6-13-20(16-18)25-23(28)24-19-11-2-1-3-12-19/h6,9,13,16-17,19,21H,1-5,7-8,10-12,14-15H2,(H2,24,25,28)/t17-,21-/m0/s1. The van der Waals surface area contributed by atoms with Crippen LogP contribution in [-0.2, 0) is 0 Å². The number of carbonyl (C=O) groups is 2. The second kappa shape index (κ2) is 8.97. The molecule has 1 heterocycles. The van der Waals surface area contributed by atoms with Crippen molar-refractivity contribution in [1.82, 2.24) is 10.2 Å². The van der Waals surface area contributed by atoms with Crippen molar-refractivity contribution in [3.8, 4) is 0 Å². The average molecular weight is 384 g/mol. The first kappa shape index (κ1) is 19.3. The Morgan fingerprint density at radius 3 is 2.50 bits per heavy atom. The van der Waals surface area contributed by atoms with Crippen molar-refractivity contribution in [3.05, 3.63) is 29.8 Å². The first-order valence-corrected chi connectivity index (χ1v) is 11.2. The van der Waals surface area contributed by atoms with E-state index in [2.05, 4.69) is 15.5 Å². The molecule has 3 amide bonds. The predicted molar refractivity (Wildman–Crippen MR) is 111 cm³/mol. The summed E-state index contributed by atoms with van der Waals surface area (Å²) in [5.74, 6) is 0.793. The van der Waals surface area contributed by atoms with Crippen molar-refractivity contribution < 1.29 is 9.59 Å². The number of anilines is 1. The highest BCUT2D eigenvalue weighted by molar-refractivity contribution is 5.97. The summed E-state index contributed by atoms with van der Waals surface area (Å²) in [6.45, 7) is 0.861. The third-order valence-electron chi connectivity index (χ3n) is 6.81. The summed E-state index contributed by atoms with van der Waals surface area (Å²) in [5, 5.41) is 5.99. The van der Waals surface area contributed by atoms with Crippen LogP contribution in [0.1, 0.15) is 81.0 Å². The molecule has 3 aliphatic rings. The van der Waals surface area contributed by atoms with E-state index < -0.39 is 0 Å². The Hall–Kier alpha value is -2.04. The summed E-state index contributed by atoms with van der Waals surface area (Å²) in [7, 11) is 0. The van der Waals surface area contributed by atoms with E-state index in [0.717, 1.165) is 32.2 Å². The molecule has 5 nitrogen and oxygen atoms in total. The lowest BCUT2D eigenvalue weighted by Crippen LogP contribution is -2.49. The van der Waals surface area contributed by atoms with E-state index in [1.165, 1.54) is 44.9 Å². The molecule has 0 radical (unpaired) electrons. The van der Waals surface area contributed by atoms with Crippen molar-refractivity contribution in [1.29, 1.82) is 0 Å². The van der Waals surface area contributed by atoms with Crippen LogP contribution in [0.2, 0.25) is 0 Å². The number of amides is 3. The molecule has 2 aliphatic carbocycles. The minimum absolute atomic E-state index is 0.118. The molecule has 1 aliphatic heterocycles. The lowest BCUT2D eigenvalue weighted by atomic mass is 9.78. The summed E-state index contributed by atoms with van der Waals surface area (Å²) >= 11 is 0. The quantitative estimate of drug-likeness (QED) is 0.777. The van der Waals surface area contributed by atoms with Gasteiger partial charge in [0, 0.05) is 29.9 Å². The number of hydrogen-bond donors (Lipinski definition) is 2. The van der Waals surface area contributed by atoms with Crippen LogP contribution in [-0.4, -0.2) is 35.5 Å². The van der Waals surface area contributed by atoms with E-state index >= 15 is 0 Å². The molecule has 5 heteroatoms. The fraction of sp³-hybridized carbons (Fsp3) is 0.652. The molecule has 2 N–H and O–H groups in total. The van der Waals surface area contributed by atoms with Gasteiger partial charge in [-0.25, -0.2) is 4.79 Å². The molecule has 1 saturated heterocycles. The third kappa shape index (κ3) is 4.50. The van der Waals surface area contributed by atoms with E-state index in [9.17, 15) is 9.59 Å². The van der Waals surface area contributed by atoms with Crippen LogP contribution in [0.5, 0.6) is 0 Å². The summed E-state index contributed by atoms with van der Waals surface area (Å²) in [6, 6.07) is 7.94. The molecule has 0 aromatic heterocycles. The van der Waals surface area contributed by atoms with Gasteiger partial charge < -0.3 is 15.5 Å². The van der Waals surface area contributed by atoms with Crippen molar-refractivity contribution in [2.24, 2.45) is 5.92 Å². The van der Waals surface area contributed by atoms with Gasteiger partial charge in [-0.15, -0.1) is 0 Å². The number of piperidine rings is 1. The van der Waals surface area contributed by atoms with Gasteiger partial charge in [0.25, 0.3) is 5.91 Å². The molecule has 2 saturated carbocycles. The fourth-order valence-electron chi connectivity index (χ4n) is 5.37. The molecule has 0 bridgehead atoms. The molecule has 1 aromatic carbocycles. The number of hydrogen-bond acceptors (Lipinski definition) is 2. The van der Waals surface area contributed by atoms with Gasteiger partial charge >= 0.3 is 6.03 Å². The Labute approximate surface area is 168 Å². The minimum atomic E-state index is -0.165. The van der Waals surface area contributed by atoms with E-state index in [1.54, 1.807) is 0 Å². The van der Waals surface area contributed by atoms with E-state index in [0.29, 0.717) is 23.2 Å². The highest BCUT2D eigenvalue weighted by Crippen LogP contribution is 2.36. The van der Waals surface area contributed by atoms with Crippen LogP contribution < -0.4 is 10.6 Å². The molecule has 0 spiro atoms. The number of benzene rings is 1. The number of urea groups is 1. The smallest absolute Gasteiger partial charge is 0.319 e. The lowest BCUT2D eigenvalue weighted by Gasteiger charge is -2.44. The van der Waals surface area contributed by atoms with Gasteiger partial charge in [0.2, 0.25) is 0 Å². The minimum Gasteiger partial charge on any atom is -0.335 e. The average Bonchev–Trinajstić information content (AvgIpc) is 2.73. The van der Waals surface area contributed by atoms with Crippen LogP contribution in [0.3, 0.4) is 0 Å². The van der Waals surface area contributed by atoms with E-state index in [-0.39, 0.29) is 18.0 Å². The Balaban J connectivity index is 1.39. The molecule has 152 valence electrons. The maximum absolute atomic E-state index is 13.2. The first-order chi connectivity index (χ1) is 13.7. The van der Waals surface area contributed by atoms with Crippen LogP contribution in [0.15, 0.2) is 24.3 Å². The van der Waals surface area contributed by atoms with Crippen molar-refractivity contribution in [2.45, 2.75) is 82.7 Å². The number of rotatable bonds is 3. The Bertz CT molecular complexity index is 697. The van der Waals surface area contributed by atoms with Gasteiger partial charge in [-0.1, -0.05) is 38.2 Å². The summed E-state index contributed by atoms with van der Waals surface area (Å²) in [6.07, 6.45) is 13.1. The number of nitrogens with zero attached hydrogens (tertiary/aromatic N) is 1. The molecular weight excluding hydrogens is 350 g/mol. The molecule has 28 heavy (non-hydrogen) atoms. The van der Waals surface area contributed by atoms with Gasteiger partial charge in [0.05, 0.1) is 0 Å². The normalized spacial score (nSPS) is 25.6. The highest BCUT2D eigenvalue weighted by atomic mass is 16.2. The number of nitrogens with one attached hydrogen (secondary N) is 2. The topological polar surface area (TPSA) is 61.4 Å². The SMILES string of the molecule is O=C(Nc1cccc(C(=O)N2CCC[C@@H]3CCCC[C@@H]32)c1)NC1CCCCC1. The Morgan fingerprint density at radius 1 is 0.893 bits per heavy atom. The van der Waals surface area contributed by atoms with Crippen LogP contribution in [0, 0.1) is 5.92 Å². The number of fused-ring (bicyclic) bond motifs is 1. The Morgan fingerprint density at radius 2 is 1.64 bits per heavy atom. The van der Waals surface area contributed by atoms with Crippen molar-refractivity contribution in [3.63, 3.8) is 0 Å². The monoisotopic (exact) mass is 383 g/mol. The zero-order valence-electron chi connectivity index (χ0n) is 16.8. The van der Waals surface area contributed by atoms with Gasteiger partial charge in [-0.3, -0.25) is 4.79 Å². The van der Waals surface area contributed by atoms with Crippen molar-refractivity contribution in [2.75, 3.05) is 11.9 Å². The maximum atomic E-state index is 13.2. The summed E-state index contributed by atoms with van der Waals surface area (Å²) in [4.78, 5) is 27.6. The predicted octanol–water partition coefficient (Wildman–Crippen LogP) is 4.94.